The maximum Gasteiger partial charge on any atom is 0.279 e. The molecule has 2 aromatic rings. The molecule has 144 valence electrons. The van der Waals surface area contributed by atoms with E-state index in [1.807, 2.05) is 31.3 Å². The lowest BCUT2D eigenvalue weighted by molar-refractivity contribution is -0.885. The highest BCUT2D eigenvalue weighted by Crippen LogP contribution is 2.19. The second-order valence-corrected chi connectivity index (χ2v) is 6.75. The summed E-state index contributed by atoms with van der Waals surface area (Å²) in [5.74, 6) is 0.455. The summed E-state index contributed by atoms with van der Waals surface area (Å²) in [6, 6.07) is 14.2. The van der Waals surface area contributed by atoms with Crippen molar-refractivity contribution in [2.24, 2.45) is 0 Å². The van der Waals surface area contributed by atoms with Gasteiger partial charge >= 0.3 is 0 Å². The van der Waals surface area contributed by atoms with Crippen LogP contribution < -0.4 is 20.3 Å². The third kappa shape index (κ3) is 6.27. The molecule has 0 fully saturated rings. The van der Waals surface area contributed by atoms with E-state index in [0.717, 1.165) is 16.2 Å². The van der Waals surface area contributed by atoms with E-state index in [4.69, 9.17) is 16.3 Å². The molecule has 2 rings (SSSR count). The number of ether oxygens (including phenoxy) is 1. The van der Waals surface area contributed by atoms with Crippen molar-refractivity contribution in [3.8, 4) is 5.75 Å². The van der Waals surface area contributed by atoms with Crippen LogP contribution >= 0.6 is 11.6 Å². The van der Waals surface area contributed by atoms with Gasteiger partial charge in [-0.2, -0.15) is 0 Å². The van der Waals surface area contributed by atoms with Crippen molar-refractivity contribution in [2.75, 3.05) is 26.0 Å². The number of rotatable bonds is 8. The van der Waals surface area contributed by atoms with Crippen molar-refractivity contribution in [1.29, 1.82) is 0 Å². The fourth-order valence-electron chi connectivity index (χ4n) is 2.47. The van der Waals surface area contributed by atoms with Crippen molar-refractivity contribution < 1.29 is 19.2 Å². The highest BCUT2D eigenvalue weighted by molar-refractivity contribution is 6.33. The zero-order valence-electron chi connectivity index (χ0n) is 15.7. The molecule has 6 nitrogen and oxygen atoms in total. The first-order valence-electron chi connectivity index (χ1n) is 8.68. The molecule has 3 N–H and O–H groups in total. The first kappa shape index (κ1) is 20.7. The van der Waals surface area contributed by atoms with Crippen molar-refractivity contribution in [3.63, 3.8) is 0 Å². The largest absolute Gasteiger partial charge is 0.497 e. The number of carbonyl (C=O) groups excluding carboxylic acids is 2. The van der Waals surface area contributed by atoms with Gasteiger partial charge in [-0.15, -0.1) is 0 Å². The minimum atomic E-state index is -0.375. The minimum absolute atomic E-state index is 0.117. The summed E-state index contributed by atoms with van der Waals surface area (Å²) in [6.07, 6.45) is 0. The lowest BCUT2D eigenvalue weighted by Crippen LogP contribution is -3.15. The van der Waals surface area contributed by atoms with Crippen LogP contribution in [0.1, 0.15) is 12.5 Å². The normalized spacial score (nSPS) is 12.7. The van der Waals surface area contributed by atoms with Crippen LogP contribution in [-0.4, -0.2) is 38.6 Å². The Bertz CT molecular complexity index is 780. The van der Waals surface area contributed by atoms with Crippen LogP contribution in [0.4, 0.5) is 5.69 Å². The van der Waals surface area contributed by atoms with Gasteiger partial charge < -0.3 is 20.3 Å². The van der Waals surface area contributed by atoms with E-state index in [0.29, 0.717) is 17.3 Å². The summed E-state index contributed by atoms with van der Waals surface area (Å²) in [7, 11) is 3.42. The quantitative estimate of drug-likeness (QED) is 0.639. The summed E-state index contributed by atoms with van der Waals surface area (Å²) in [5, 5.41) is 6.14. The van der Waals surface area contributed by atoms with E-state index in [1.165, 1.54) is 0 Å². The van der Waals surface area contributed by atoms with E-state index >= 15 is 0 Å². The van der Waals surface area contributed by atoms with E-state index in [2.05, 4.69) is 10.6 Å². The van der Waals surface area contributed by atoms with Gasteiger partial charge in [0.1, 0.15) is 5.75 Å². The minimum Gasteiger partial charge on any atom is -0.497 e. The van der Waals surface area contributed by atoms with Gasteiger partial charge in [0.15, 0.2) is 12.6 Å². The molecule has 0 radical (unpaired) electrons. The Morgan fingerprint density at radius 1 is 1.15 bits per heavy atom. The number of amides is 2. The van der Waals surface area contributed by atoms with E-state index < -0.39 is 0 Å². The third-order valence-corrected chi connectivity index (χ3v) is 4.68. The molecule has 1 unspecified atom stereocenters. The first-order chi connectivity index (χ1) is 12.9. The molecule has 0 bridgehead atoms. The second-order valence-electron chi connectivity index (χ2n) is 6.34. The van der Waals surface area contributed by atoms with Crippen LogP contribution in [0.25, 0.3) is 0 Å². The number of carbonyl (C=O) groups is 2. The van der Waals surface area contributed by atoms with Gasteiger partial charge in [-0.1, -0.05) is 35.9 Å². The number of quaternary nitrogens is 1. The van der Waals surface area contributed by atoms with E-state index in [-0.39, 0.29) is 24.4 Å². The molecule has 0 aliphatic carbocycles. The van der Waals surface area contributed by atoms with Gasteiger partial charge in [0.25, 0.3) is 11.8 Å². The molecule has 0 aliphatic rings. The number of hydrogen-bond acceptors (Lipinski definition) is 3. The zero-order chi connectivity index (χ0) is 19.8. The van der Waals surface area contributed by atoms with Crippen LogP contribution in [0.2, 0.25) is 5.02 Å². The molecule has 0 saturated carbocycles. The number of hydrogen-bond donors (Lipinski definition) is 3. The molecule has 0 aliphatic heterocycles. The molecule has 0 saturated heterocycles. The van der Waals surface area contributed by atoms with Crippen molar-refractivity contribution in [2.45, 2.75) is 19.5 Å². The average Bonchev–Trinajstić information content (AvgIpc) is 2.67. The number of likely N-dealkylation sites (N-methyl/N-ethyl adjacent to an activating group) is 1. The summed E-state index contributed by atoms with van der Waals surface area (Å²) in [5.41, 5.74) is 1.54. The van der Waals surface area contributed by atoms with Crippen molar-refractivity contribution >= 4 is 29.1 Å². The molecule has 0 heterocycles. The summed E-state index contributed by atoms with van der Waals surface area (Å²) in [4.78, 5) is 25.4. The molecular weight excluding hydrogens is 366 g/mol. The number of methoxy groups -OCH3 is 1. The summed E-state index contributed by atoms with van der Waals surface area (Å²) >= 11 is 6.04. The number of halogens is 1. The van der Waals surface area contributed by atoms with Gasteiger partial charge in [0.05, 0.1) is 24.9 Å². The smallest absolute Gasteiger partial charge is 0.279 e. The SMILES string of the molecule is COc1ccc(CNC(=O)[C@@H](C)[NH+](C)CC(=O)Nc2ccccc2Cl)cc1. The predicted molar refractivity (Wildman–Crippen MR) is 106 cm³/mol. The van der Waals surface area contributed by atoms with E-state index in [1.54, 1.807) is 38.3 Å². The van der Waals surface area contributed by atoms with Crippen molar-refractivity contribution in [3.05, 3.63) is 59.1 Å². The average molecular weight is 391 g/mol. The number of anilines is 1. The Labute approximate surface area is 164 Å². The van der Waals surface area contributed by atoms with Gasteiger partial charge in [0.2, 0.25) is 0 Å². The summed E-state index contributed by atoms with van der Waals surface area (Å²) < 4.78 is 5.11. The first-order valence-corrected chi connectivity index (χ1v) is 9.06. The lowest BCUT2D eigenvalue weighted by atomic mass is 10.2. The molecule has 0 spiro atoms. The Morgan fingerprint density at radius 3 is 2.44 bits per heavy atom. The number of nitrogens with one attached hydrogen (secondary N) is 3. The third-order valence-electron chi connectivity index (χ3n) is 4.35. The number of benzene rings is 2. The Balaban J connectivity index is 1.82. The highest BCUT2D eigenvalue weighted by atomic mass is 35.5. The molecule has 0 aromatic heterocycles. The van der Waals surface area contributed by atoms with Crippen LogP contribution in [0.3, 0.4) is 0 Å². The predicted octanol–water partition coefficient (Wildman–Crippen LogP) is 1.51. The van der Waals surface area contributed by atoms with Crippen LogP contribution in [-0.2, 0) is 16.1 Å². The molecule has 27 heavy (non-hydrogen) atoms. The van der Waals surface area contributed by atoms with Gasteiger partial charge in [-0.05, 0) is 36.8 Å². The maximum absolute atomic E-state index is 12.4. The standard InChI is InChI=1S/C20H24ClN3O3/c1-14(20(26)22-12-15-8-10-16(27-3)11-9-15)24(2)13-19(25)23-18-7-5-4-6-17(18)21/h4-11,14H,12-13H2,1-3H3,(H,22,26)(H,23,25)/p+1/t14-/m1/s1. The van der Waals surface area contributed by atoms with Crippen LogP contribution in [0, 0.1) is 0 Å². The van der Waals surface area contributed by atoms with Gasteiger partial charge in [0, 0.05) is 6.54 Å². The van der Waals surface area contributed by atoms with Crippen molar-refractivity contribution in [1.82, 2.24) is 5.32 Å². The second kappa shape index (κ2) is 9.94. The molecule has 2 aromatic carbocycles. The maximum atomic E-state index is 12.4. The fourth-order valence-corrected chi connectivity index (χ4v) is 2.66. The fraction of sp³-hybridized carbons (Fsp3) is 0.300. The Morgan fingerprint density at radius 2 is 1.81 bits per heavy atom. The van der Waals surface area contributed by atoms with Gasteiger partial charge in [-0.3, -0.25) is 9.59 Å². The van der Waals surface area contributed by atoms with Crippen LogP contribution in [0.15, 0.2) is 48.5 Å². The highest BCUT2D eigenvalue weighted by Gasteiger charge is 2.23. The van der Waals surface area contributed by atoms with Crippen LogP contribution in [0.5, 0.6) is 5.75 Å². The zero-order valence-corrected chi connectivity index (χ0v) is 16.5. The van der Waals surface area contributed by atoms with Gasteiger partial charge in [-0.25, -0.2) is 0 Å². The monoisotopic (exact) mass is 390 g/mol. The lowest BCUT2D eigenvalue weighted by Gasteiger charge is -2.20. The molecule has 7 heteroatoms. The Hall–Kier alpha value is -2.57. The number of para-hydroxylation sites is 1. The summed E-state index contributed by atoms with van der Waals surface area (Å²) in [6.45, 7) is 2.37. The topological polar surface area (TPSA) is 71.9 Å². The Kier molecular flexibility index (Phi) is 7.64. The molecule has 2 amide bonds. The molecular formula is C20H25ClN3O3+. The molecule has 2 atom stereocenters. The van der Waals surface area contributed by atoms with E-state index in [9.17, 15) is 9.59 Å².